The van der Waals surface area contributed by atoms with E-state index in [0.29, 0.717) is 18.9 Å². The number of hydrogen-bond acceptors (Lipinski definition) is 3. The number of nitrogens with zero attached hydrogens (tertiary/aromatic N) is 3. The number of aryl methyl sites for hydroxylation is 1. The van der Waals surface area contributed by atoms with E-state index in [4.69, 9.17) is 4.98 Å². The zero-order valence-electron chi connectivity index (χ0n) is 18.5. The third-order valence-electron chi connectivity index (χ3n) is 6.04. The Bertz CT molecular complexity index is 837. The van der Waals surface area contributed by atoms with Gasteiger partial charge in [-0.05, 0) is 50.2 Å². The second-order valence-corrected chi connectivity index (χ2v) is 8.58. The molecule has 1 aromatic heterocycles. The van der Waals surface area contributed by atoms with Gasteiger partial charge in [-0.3, -0.25) is 9.59 Å². The van der Waals surface area contributed by atoms with Crippen molar-refractivity contribution in [3.63, 3.8) is 0 Å². The van der Waals surface area contributed by atoms with Crippen LogP contribution in [0.25, 0.3) is 11.0 Å². The van der Waals surface area contributed by atoms with Crippen LogP contribution < -0.4 is 5.32 Å². The van der Waals surface area contributed by atoms with E-state index >= 15 is 0 Å². The van der Waals surface area contributed by atoms with E-state index in [-0.39, 0.29) is 11.8 Å². The first-order chi connectivity index (χ1) is 14.6. The molecule has 3 rings (SSSR count). The summed E-state index contributed by atoms with van der Waals surface area (Å²) in [5.41, 5.74) is 2.00. The highest BCUT2D eigenvalue weighted by molar-refractivity contribution is 5.81. The fourth-order valence-electron chi connectivity index (χ4n) is 4.11. The molecule has 6 heteroatoms. The minimum atomic E-state index is 0.143. The van der Waals surface area contributed by atoms with Crippen LogP contribution in [0.1, 0.15) is 64.6 Å². The topological polar surface area (TPSA) is 67.2 Å². The van der Waals surface area contributed by atoms with Crippen molar-refractivity contribution in [2.24, 2.45) is 5.92 Å². The molecule has 1 fully saturated rings. The average molecular weight is 413 g/mol. The van der Waals surface area contributed by atoms with Crippen LogP contribution in [0.15, 0.2) is 24.3 Å². The first-order valence-corrected chi connectivity index (χ1v) is 11.6. The molecule has 2 amide bonds. The smallest absolute Gasteiger partial charge is 0.242 e. The molecule has 1 aliphatic rings. The van der Waals surface area contributed by atoms with E-state index in [1.807, 2.05) is 30.0 Å². The maximum Gasteiger partial charge on any atom is 0.242 e. The van der Waals surface area contributed by atoms with E-state index in [9.17, 15) is 9.59 Å². The van der Waals surface area contributed by atoms with Gasteiger partial charge in [0, 0.05) is 32.5 Å². The molecular weight excluding hydrogens is 376 g/mol. The molecular formula is C24H36N4O2. The fraction of sp³-hybridized carbons (Fsp3) is 0.625. The van der Waals surface area contributed by atoms with Crippen molar-refractivity contribution in [1.29, 1.82) is 0 Å². The van der Waals surface area contributed by atoms with Gasteiger partial charge in [-0.1, -0.05) is 32.4 Å². The molecule has 164 valence electrons. The van der Waals surface area contributed by atoms with E-state index < -0.39 is 0 Å². The van der Waals surface area contributed by atoms with Crippen molar-refractivity contribution in [2.75, 3.05) is 19.6 Å². The molecule has 0 saturated carbocycles. The van der Waals surface area contributed by atoms with Gasteiger partial charge in [0.1, 0.15) is 12.4 Å². The van der Waals surface area contributed by atoms with E-state index in [1.54, 1.807) is 0 Å². The van der Waals surface area contributed by atoms with Crippen molar-refractivity contribution >= 4 is 22.8 Å². The number of carbonyl (C=O) groups excluding carboxylic acids is 2. The maximum atomic E-state index is 12.9. The molecule has 0 spiro atoms. The second kappa shape index (κ2) is 11.1. The van der Waals surface area contributed by atoms with Gasteiger partial charge in [-0.25, -0.2) is 4.98 Å². The average Bonchev–Trinajstić information content (AvgIpc) is 3.08. The summed E-state index contributed by atoms with van der Waals surface area (Å²) in [4.78, 5) is 31.3. The molecule has 1 saturated heterocycles. The summed E-state index contributed by atoms with van der Waals surface area (Å²) in [6.07, 6.45) is 7.54. The predicted octanol–water partition coefficient (Wildman–Crippen LogP) is 3.92. The van der Waals surface area contributed by atoms with Crippen molar-refractivity contribution in [3.8, 4) is 0 Å². The summed E-state index contributed by atoms with van der Waals surface area (Å²) in [7, 11) is 0. The van der Waals surface area contributed by atoms with E-state index in [0.717, 1.165) is 81.4 Å². The highest BCUT2D eigenvalue weighted by atomic mass is 16.2. The number of imidazole rings is 1. The number of amides is 2. The van der Waals surface area contributed by atoms with Crippen LogP contribution in [-0.4, -0.2) is 45.9 Å². The molecule has 1 aromatic carbocycles. The van der Waals surface area contributed by atoms with Gasteiger partial charge in [0.15, 0.2) is 0 Å². The van der Waals surface area contributed by atoms with Gasteiger partial charge in [-0.2, -0.15) is 0 Å². The van der Waals surface area contributed by atoms with E-state index in [2.05, 4.69) is 22.9 Å². The zero-order valence-corrected chi connectivity index (χ0v) is 18.5. The standard InChI is InChI=1S/C24H36N4O2/c1-3-9-23(29)25-15-8-4-5-12-22-26-20-10-6-7-11-21(20)28(22)18-24(30)27-16-13-19(2)14-17-27/h6-7,10-11,19H,3-5,8-9,12-18H2,1-2H3,(H,25,29). The number of benzene rings is 1. The van der Waals surface area contributed by atoms with Gasteiger partial charge >= 0.3 is 0 Å². The lowest BCUT2D eigenvalue weighted by Gasteiger charge is -2.30. The third kappa shape index (κ3) is 6.07. The van der Waals surface area contributed by atoms with E-state index in [1.165, 1.54) is 0 Å². The summed E-state index contributed by atoms with van der Waals surface area (Å²) in [6, 6.07) is 8.08. The SMILES string of the molecule is CCCC(=O)NCCCCCc1nc2ccccc2n1CC(=O)N1CCC(C)CC1. The molecule has 1 aliphatic heterocycles. The van der Waals surface area contributed by atoms with Crippen LogP contribution in [0.4, 0.5) is 0 Å². The Hall–Kier alpha value is -2.37. The highest BCUT2D eigenvalue weighted by Crippen LogP contribution is 2.20. The van der Waals surface area contributed by atoms with Gasteiger partial charge in [0.25, 0.3) is 0 Å². The summed E-state index contributed by atoms with van der Waals surface area (Å²) < 4.78 is 2.11. The van der Waals surface area contributed by atoms with Gasteiger partial charge in [0.2, 0.25) is 11.8 Å². The number of piperidine rings is 1. The number of fused-ring (bicyclic) bond motifs is 1. The van der Waals surface area contributed by atoms with Gasteiger partial charge in [0.05, 0.1) is 11.0 Å². The van der Waals surface area contributed by atoms with Crippen molar-refractivity contribution in [2.45, 2.75) is 71.8 Å². The lowest BCUT2D eigenvalue weighted by atomic mass is 9.99. The molecule has 6 nitrogen and oxygen atoms in total. The monoisotopic (exact) mass is 412 g/mol. The summed E-state index contributed by atoms with van der Waals surface area (Å²) >= 11 is 0. The molecule has 2 heterocycles. The summed E-state index contributed by atoms with van der Waals surface area (Å²) in [6.45, 7) is 7.12. The summed E-state index contributed by atoms with van der Waals surface area (Å²) in [5, 5.41) is 2.97. The normalized spacial score (nSPS) is 14.9. The molecule has 0 radical (unpaired) electrons. The van der Waals surface area contributed by atoms with Crippen LogP contribution in [0.3, 0.4) is 0 Å². The van der Waals surface area contributed by atoms with Crippen molar-refractivity contribution in [3.05, 3.63) is 30.1 Å². The number of nitrogens with one attached hydrogen (secondary N) is 1. The Morgan fingerprint density at radius 2 is 1.90 bits per heavy atom. The molecule has 0 atom stereocenters. The largest absolute Gasteiger partial charge is 0.356 e. The number of carbonyl (C=O) groups is 2. The zero-order chi connectivity index (χ0) is 21.3. The maximum absolute atomic E-state index is 12.9. The Balaban J connectivity index is 1.56. The quantitative estimate of drug-likeness (QED) is 0.602. The Morgan fingerprint density at radius 1 is 1.13 bits per heavy atom. The van der Waals surface area contributed by atoms with Crippen molar-refractivity contribution in [1.82, 2.24) is 19.8 Å². The first kappa shape index (κ1) is 22.3. The highest BCUT2D eigenvalue weighted by Gasteiger charge is 2.22. The van der Waals surface area contributed by atoms with Crippen LogP contribution in [0, 0.1) is 5.92 Å². The minimum Gasteiger partial charge on any atom is -0.356 e. The van der Waals surface area contributed by atoms with Gasteiger partial charge < -0.3 is 14.8 Å². The van der Waals surface area contributed by atoms with Crippen LogP contribution >= 0.6 is 0 Å². The van der Waals surface area contributed by atoms with Crippen LogP contribution in [0.5, 0.6) is 0 Å². The lowest BCUT2D eigenvalue weighted by molar-refractivity contribution is -0.133. The first-order valence-electron chi connectivity index (χ1n) is 11.6. The lowest BCUT2D eigenvalue weighted by Crippen LogP contribution is -2.39. The molecule has 0 unspecified atom stereocenters. The fourth-order valence-corrected chi connectivity index (χ4v) is 4.11. The Labute approximate surface area is 180 Å². The third-order valence-corrected chi connectivity index (χ3v) is 6.04. The number of unbranched alkanes of at least 4 members (excludes halogenated alkanes) is 2. The Kier molecular flexibility index (Phi) is 8.29. The number of para-hydroxylation sites is 2. The predicted molar refractivity (Wildman–Crippen MR) is 120 cm³/mol. The number of likely N-dealkylation sites (tertiary alicyclic amines) is 1. The molecule has 0 aliphatic carbocycles. The van der Waals surface area contributed by atoms with Crippen LogP contribution in [-0.2, 0) is 22.6 Å². The number of rotatable bonds is 10. The summed E-state index contributed by atoms with van der Waals surface area (Å²) in [5.74, 6) is 2.05. The second-order valence-electron chi connectivity index (χ2n) is 8.58. The van der Waals surface area contributed by atoms with Crippen molar-refractivity contribution < 1.29 is 9.59 Å². The molecule has 30 heavy (non-hydrogen) atoms. The molecule has 2 aromatic rings. The van der Waals surface area contributed by atoms with Gasteiger partial charge in [-0.15, -0.1) is 0 Å². The Morgan fingerprint density at radius 3 is 2.67 bits per heavy atom. The number of aromatic nitrogens is 2. The molecule has 0 bridgehead atoms. The number of hydrogen-bond donors (Lipinski definition) is 1. The minimum absolute atomic E-state index is 0.143. The molecule has 1 N–H and O–H groups in total. The van der Waals surface area contributed by atoms with Crippen LogP contribution in [0.2, 0.25) is 0 Å².